The second-order valence-corrected chi connectivity index (χ2v) is 24.6. The molecular formula is C72H139NO5. The summed E-state index contributed by atoms with van der Waals surface area (Å²) in [5, 5.41) is 23.4. The maximum atomic E-state index is 12.6. The van der Waals surface area contributed by atoms with Gasteiger partial charge in [-0.25, -0.2) is 0 Å². The van der Waals surface area contributed by atoms with E-state index in [9.17, 15) is 19.8 Å². The molecule has 6 nitrogen and oxygen atoms in total. The van der Waals surface area contributed by atoms with Gasteiger partial charge in [-0.05, 0) is 64.2 Å². The van der Waals surface area contributed by atoms with Crippen molar-refractivity contribution < 1.29 is 24.5 Å². The highest BCUT2D eigenvalue weighted by atomic mass is 16.5. The van der Waals surface area contributed by atoms with Crippen LogP contribution in [0.1, 0.15) is 399 Å². The monoisotopic (exact) mass is 1100 g/mol. The van der Waals surface area contributed by atoms with E-state index in [1.165, 1.54) is 283 Å². The first-order valence-corrected chi connectivity index (χ1v) is 35.6. The molecule has 0 aliphatic heterocycles. The molecule has 0 aromatic carbocycles. The van der Waals surface area contributed by atoms with Crippen molar-refractivity contribution >= 4 is 11.9 Å². The maximum Gasteiger partial charge on any atom is 0.305 e. The molecule has 462 valence electrons. The third kappa shape index (κ3) is 63.5. The van der Waals surface area contributed by atoms with Crippen LogP contribution >= 0.6 is 0 Å². The first-order valence-electron chi connectivity index (χ1n) is 35.6. The summed E-state index contributed by atoms with van der Waals surface area (Å²) >= 11 is 0. The number of unbranched alkanes of at least 4 members (excludes halogenated alkanes) is 52. The van der Waals surface area contributed by atoms with Crippen molar-refractivity contribution in [3.63, 3.8) is 0 Å². The molecule has 0 saturated heterocycles. The summed E-state index contributed by atoms with van der Waals surface area (Å²) in [7, 11) is 0. The number of carbonyl (C=O) groups excluding carboxylic acids is 2. The summed E-state index contributed by atoms with van der Waals surface area (Å²) in [5.41, 5.74) is 0. The van der Waals surface area contributed by atoms with E-state index >= 15 is 0 Å². The number of aliphatic hydroxyl groups excluding tert-OH is 2. The molecule has 2 unspecified atom stereocenters. The molecule has 6 heteroatoms. The van der Waals surface area contributed by atoms with Gasteiger partial charge in [0.25, 0.3) is 0 Å². The van der Waals surface area contributed by atoms with Gasteiger partial charge in [-0.3, -0.25) is 9.59 Å². The molecule has 0 spiro atoms. The van der Waals surface area contributed by atoms with Crippen molar-refractivity contribution in [2.45, 2.75) is 411 Å². The van der Waals surface area contributed by atoms with E-state index < -0.39 is 12.1 Å². The lowest BCUT2D eigenvalue weighted by Crippen LogP contribution is -2.45. The Morgan fingerprint density at radius 3 is 0.974 bits per heavy atom. The van der Waals surface area contributed by atoms with Crippen molar-refractivity contribution in [3.8, 4) is 0 Å². The number of nitrogens with one attached hydrogen (secondary N) is 1. The first kappa shape index (κ1) is 76.3. The van der Waals surface area contributed by atoms with Crippen molar-refractivity contribution in [3.05, 3.63) is 24.3 Å². The molecule has 2 atom stereocenters. The van der Waals surface area contributed by atoms with E-state index in [0.717, 1.165) is 83.5 Å². The third-order valence-corrected chi connectivity index (χ3v) is 16.8. The molecule has 0 heterocycles. The van der Waals surface area contributed by atoms with E-state index in [2.05, 4.69) is 43.5 Å². The molecule has 0 saturated carbocycles. The van der Waals surface area contributed by atoms with Crippen LogP contribution in [0.4, 0.5) is 0 Å². The summed E-state index contributed by atoms with van der Waals surface area (Å²) in [6.07, 6.45) is 85.1. The molecule has 0 aliphatic carbocycles. The summed E-state index contributed by atoms with van der Waals surface area (Å²) in [5.74, 6) is -0.0556. The van der Waals surface area contributed by atoms with E-state index in [1.807, 2.05) is 0 Å². The Morgan fingerprint density at radius 2 is 0.641 bits per heavy atom. The smallest absolute Gasteiger partial charge is 0.305 e. The van der Waals surface area contributed by atoms with Gasteiger partial charge in [0.05, 0.1) is 25.4 Å². The molecule has 0 aromatic rings. The fourth-order valence-corrected chi connectivity index (χ4v) is 11.3. The Bertz CT molecular complexity index is 1220. The van der Waals surface area contributed by atoms with E-state index in [-0.39, 0.29) is 18.5 Å². The number of hydrogen-bond donors (Lipinski definition) is 3. The molecule has 0 rings (SSSR count). The summed E-state index contributed by atoms with van der Waals surface area (Å²) in [6, 6.07) is -0.555. The summed E-state index contributed by atoms with van der Waals surface area (Å²) in [6.45, 7) is 4.95. The zero-order valence-electron chi connectivity index (χ0n) is 52.9. The second-order valence-electron chi connectivity index (χ2n) is 24.6. The van der Waals surface area contributed by atoms with Gasteiger partial charge >= 0.3 is 5.97 Å². The van der Waals surface area contributed by atoms with Crippen LogP contribution in [-0.2, 0) is 14.3 Å². The molecule has 0 fully saturated rings. The van der Waals surface area contributed by atoms with Crippen LogP contribution in [0.25, 0.3) is 0 Å². The van der Waals surface area contributed by atoms with Crippen LogP contribution in [0.2, 0.25) is 0 Å². The normalized spacial score (nSPS) is 12.6. The number of carbonyl (C=O) groups is 2. The predicted molar refractivity (Wildman–Crippen MR) is 343 cm³/mol. The van der Waals surface area contributed by atoms with Gasteiger partial charge in [0.2, 0.25) is 5.91 Å². The Morgan fingerprint density at radius 1 is 0.359 bits per heavy atom. The quantitative estimate of drug-likeness (QED) is 0.0320. The number of hydrogen-bond acceptors (Lipinski definition) is 5. The molecule has 0 aliphatic rings. The van der Waals surface area contributed by atoms with Gasteiger partial charge in [-0.15, -0.1) is 0 Å². The van der Waals surface area contributed by atoms with Gasteiger partial charge in [0, 0.05) is 12.8 Å². The first-order chi connectivity index (χ1) is 38.5. The Balaban J connectivity index is 3.45. The van der Waals surface area contributed by atoms with E-state index in [4.69, 9.17) is 4.74 Å². The van der Waals surface area contributed by atoms with Gasteiger partial charge in [-0.2, -0.15) is 0 Å². The third-order valence-electron chi connectivity index (χ3n) is 16.8. The fourth-order valence-electron chi connectivity index (χ4n) is 11.3. The molecule has 78 heavy (non-hydrogen) atoms. The minimum Gasteiger partial charge on any atom is -0.466 e. The van der Waals surface area contributed by atoms with Crippen LogP contribution in [0.15, 0.2) is 24.3 Å². The molecule has 0 bridgehead atoms. The maximum absolute atomic E-state index is 12.6. The van der Waals surface area contributed by atoms with Crippen LogP contribution in [0.5, 0.6) is 0 Å². The standard InChI is InChI=1S/C72H139NO5/c1-3-5-7-9-11-13-15-17-19-21-23-24-25-26-27-28-30-32-36-40-44-48-52-56-60-64-70(75)69(68-74)73-71(76)65-61-57-53-49-45-41-37-33-31-35-39-43-47-51-55-59-63-67-78-72(77)66-62-58-54-50-46-42-38-34-29-22-20-18-16-14-12-10-8-6-4-2/h31,35,43,47,69-70,74-75H,3-30,32-34,36-42,44-46,48-68H2,1-2H3,(H,73,76)/b35-31-,47-43-. The lowest BCUT2D eigenvalue weighted by molar-refractivity contribution is -0.143. The fraction of sp³-hybridized carbons (Fsp3) is 0.917. The van der Waals surface area contributed by atoms with Crippen LogP contribution < -0.4 is 5.32 Å². The second kappa shape index (κ2) is 67.8. The lowest BCUT2D eigenvalue weighted by atomic mass is 10.0. The Labute approximate surface area is 488 Å². The number of esters is 1. The lowest BCUT2D eigenvalue weighted by Gasteiger charge is -2.22. The highest BCUT2D eigenvalue weighted by Gasteiger charge is 2.20. The molecule has 0 aromatic heterocycles. The number of ether oxygens (including phenoxy) is 1. The highest BCUT2D eigenvalue weighted by Crippen LogP contribution is 2.19. The highest BCUT2D eigenvalue weighted by molar-refractivity contribution is 5.76. The van der Waals surface area contributed by atoms with Crippen molar-refractivity contribution in [1.82, 2.24) is 5.32 Å². The van der Waals surface area contributed by atoms with Crippen LogP contribution in [-0.4, -0.2) is 47.4 Å². The van der Waals surface area contributed by atoms with Gasteiger partial charge in [0.1, 0.15) is 0 Å². The minimum absolute atomic E-state index is 0.00939. The zero-order valence-corrected chi connectivity index (χ0v) is 52.9. The largest absolute Gasteiger partial charge is 0.466 e. The topological polar surface area (TPSA) is 95.9 Å². The Kier molecular flexibility index (Phi) is 66.4. The zero-order chi connectivity index (χ0) is 56.4. The van der Waals surface area contributed by atoms with Gasteiger partial charge in [0.15, 0.2) is 0 Å². The molecule has 0 radical (unpaired) electrons. The summed E-state index contributed by atoms with van der Waals surface area (Å²) in [4.78, 5) is 24.7. The van der Waals surface area contributed by atoms with Gasteiger partial charge < -0.3 is 20.3 Å². The number of amides is 1. The van der Waals surface area contributed by atoms with Crippen molar-refractivity contribution in [1.29, 1.82) is 0 Å². The minimum atomic E-state index is -0.677. The molecule has 1 amide bonds. The van der Waals surface area contributed by atoms with Crippen LogP contribution in [0.3, 0.4) is 0 Å². The Hall–Kier alpha value is -1.66. The predicted octanol–water partition coefficient (Wildman–Crippen LogP) is 22.9. The average molecular weight is 1100 g/mol. The summed E-state index contributed by atoms with van der Waals surface area (Å²) < 4.78 is 5.48. The van der Waals surface area contributed by atoms with Crippen molar-refractivity contribution in [2.24, 2.45) is 0 Å². The van der Waals surface area contributed by atoms with E-state index in [1.54, 1.807) is 0 Å². The number of allylic oxidation sites excluding steroid dienone is 4. The average Bonchev–Trinajstić information content (AvgIpc) is 3.44. The van der Waals surface area contributed by atoms with Gasteiger partial charge in [-0.1, -0.05) is 346 Å². The van der Waals surface area contributed by atoms with E-state index in [0.29, 0.717) is 25.9 Å². The van der Waals surface area contributed by atoms with Crippen molar-refractivity contribution in [2.75, 3.05) is 13.2 Å². The van der Waals surface area contributed by atoms with Crippen LogP contribution in [0, 0.1) is 0 Å². The number of aliphatic hydroxyl groups is 2. The molecular weight excluding hydrogens is 959 g/mol. The number of rotatable bonds is 67. The SMILES string of the molecule is CCCCCCCCCCCCCCCCCCCCCCCCCCCC(O)C(CO)NC(=O)CCCCCCCCC/C=C\C/C=C\CCCCCOC(=O)CCCCCCCCCCCCCCCCCCCCC. The molecule has 3 N–H and O–H groups in total.